The predicted molar refractivity (Wildman–Crippen MR) is 96.4 cm³/mol. The van der Waals surface area contributed by atoms with E-state index in [4.69, 9.17) is 0 Å². The number of amides is 1. The second kappa shape index (κ2) is 8.17. The highest BCUT2D eigenvalue weighted by Crippen LogP contribution is 2.26. The van der Waals surface area contributed by atoms with Crippen molar-refractivity contribution >= 4 is 48.6 Å². The first kappa shape index (κ1) is 19.0. The summed E-state index contributed by atoms with van der Waals surface area (Å²) in [6.45, 7) is 1.25. The number of hydrogen-bond acceptors (Lipinski definition) is 6. The number of benzene rings is 1. The van der Waals surface area contributed by atoms with Crippen molar-refractivity contribution in [1.29, 1.82) is 0 Å². The average molecular weight is 434 g/mol. The van der Waals surface area contributed by atoms with Gasteiger partial charge in [-0.15, -0.1) is 11.3 Å². The number of carbonyl (C=O) groups is 1. The van der Waals surface area contributed by atoms with Gasteiger partial charge < -0.3 is 0 Å². The molecule has 24 heavy (non-hydrogen) atoms. The highest BCUT2D eigenvalue weighted by atomic mass is 79.9. The second-order valence-electron chi connectivity index (χ2n) is 4.80. The summed E-state index contributed by atoms with van der Waals surface area (Å²) in [5.74, 6) is -0.586. The summed E-state index contributed by atoms with van der Waals surface area (Å²) in [5, 5.41) is 2.95. The van der Waals surface area contributed by atoms with E-state index in [0.717, 1.165) is 20.6 Å². The molecule has 2 rings (SSSR count). The smallest absolute Gasteiger partial charge is 0.300 e. The summed E-state index contributed by atoms with van der Waals surface area (Å²) in [5.41, 5.74) is 1.94. The van der Waals surface area contributed by atoms with Crippen LogP contribution < -0.4 is 10.0 Å². The van der Waals surface area contributed by atoms with Gasteiger partial charge in [0.1, 0.15) is 6.61 Å². The van der Waals surface area contributed by atoms with Crippen molar-refractivity contribution in [3.8, 4) is 0 Å². The van der Waals surface area contributed by atoms with Gasteiger partial charge in [0.2, 0.25) is 0 Å². The molecule has 1 amide bonds. The topological polar surface area (TPSA) is 97.4 Å². The molecule has 2 aromatic rings. The Morgan fingerprint density at radius 3 is 2.83 bits per heavy atom. The SMILES string of the molecule is CNS(=O)(=O)OCC(=O)Nc1nc(C)c(Cc2cccc(Br)c2)s1. The lowest BCUT2D eigenvalue weighted by Gasteiger charge is -2.03. The number of nitrogens with one attached hydrogen (secondary N) is 2. The largest absolute Gasteiger partial charge is 0.336 e. The van der Waals surface area contributed by atoms with Crippen molar-refractivity contribution in [3.05, 3.63) is 44.9 Å². The fourth-order valence-electron chi connectivity index (χ4n) is 1.82. The summed E-state index contributed by atoms with van der Waals surface area (Å²) in [6, 6.07) is 7.94. The van der Waals surface area contributed by atoms with Crippen LogP contribution in [-0.4, -0.2) is 33.0 Å². The molecule has 1 heterocycles. The molecule has 0 radical (unpaired) electrons. The number of thiazole rings is 1. The minimum atomic E-state index is -3.89. The molecule has 0 spiro atoms. The van der Waals surface area contributed by atoms with Crippen LogP contribution in [0.1, 0.15) is 16.1 Å². The molecule has 0 atom stereocenters. The zero-order chi connectivity index (χ0) is 17.7. The van der Waals surface area contributed by atoms with Crippen molar-refractivity contribution in [2.75, 3.05) is 19.0 Å². The molecule has 0 bridgehead atoms. The number of hydrogen-bond donors (Lipinski definition) is 2. The Kier molecular flexibility index (Phi) is 6.47. The maximum atomic E-state index is 11.7. The summed E-state index contributed by atoms with van der Waals surface area (Å²) >= 11 is 4.78. The lowest BCUT2D eigenvalue weighted by Crippen LogP contribution is -2.27. The van der Waals surface area contributed by atoms with Gasteiger partial charge in [0, 0.05) is 22.8 Å². The van der Waals surface area contributed by atoms with Gasteiger partial charge >= 0.3 is 10.3 Å². The van der Waals surface area contributed by atoms with Crippen molar-refractivity contribution in [3.63, 3.8) is 0 Å². The number of aryl methyl sites for hydroxylation is 1. The first-order valence-electron chi connectivity index (χ1n) is 6.87. The quantitative estimate of drug-likeness (QED) is 0.697. The highest BCUT2D eigenvalue weighted by molar-refractivity contribution is 9.10. The Labute approximate surface area is 152 Å². The first-order chi connectivity index (χ1) is 11.3. The molecule has 0 saturated carbocycles. The molecule has 7 nitrogen and oxygen atoms in total. The number of nitrogens with zero attached hydrogens (tertiary/aromatic N) is 1. The second-order valence-corrected chi connectivity index (χ2v) is 8.35. The Hall–Kier alpha value is -1.33. The van der Waals surface area contributed by atoms with E-state index >= 15 is 0 Å². The van der Waals surface area contributed by atoms with E-state index in [1.807, 2.05) is 35.9 Å². The van der Waals surface area contributed by atoms with Crippen molar-refractivity contribution < 1.29 is 17.4 Å². The normalized spacial score (nSPS) is 11.5. The third-order valence-corrected chi connectivity index (χ3v) is 5.48. The Morgan fingerprint density at radius 1 is 1.42 bits per heavy atom. The Morgan fingerprint density at radius 2 is 2.17 bits per heavy atom. The molecule has 1 aromatic heterocycles. The number of carbonyl (C=O) groups excluding carboxylic acids is 1. The molecule has 0 aliphatic rings. The predicted octanol–water partition coefficient (Wildman–Crippen LogP) is 2.22. The van der Waals surface area contributed by atoms with Crippen molar-refractivity contribution in [1.82, 2.24) is 9.71 Å². The van der Waals surface area contributed by atoms with E-state index in [1.165, 1.54) is 18.4 Å². The molecule has 0 aliphatic carbocycles. The van der Waals surface area contributed by atoms with E-state index in [-0.39, 0.29) is 0 Å². The molecule has 0 aliphatic heterocycles. The van der Waals surface area contributed by atoms with Crippen LogP contribution in [0.25, 0.3) is 0 Å². The Balaban J connectivity index is 1.99. The molecule has 0 saturated heterocycles. The molecular weight excluding hydrogens is 418 g/mol. The standard InChI is InChI=1S/C14H16BrN3O4S2/c1-9-12(7-10-4-3-5-11(15)6-10)23-14(17-9)18-13(19)8-22-24(20,21)16-2/h3-6,16H,7-8H2,1-2H3,(H,17,18,19). The van der Waals surface area contributed by atoms with Crippen molar-refractivity contribution in [2.24, 2.45) is 0 Å². The first-order valence-corrected chi connectivity index (χ1v) is 9.89. The van der Waals surface area contributed by atoms with Gasteiger partial charge in [-0.05, 0) is 24.6 Å². The summed E-state index contributed by atoms with van der Waals surface area (Å²) in [7, 11) is -2.69. The molecule has 130 valence electrons. The van der Waals surface area contributed by atoms with E-state index in [1.54, 1.807) is 0 Å². The zero-order valence-electron chi connectivity index (χ0n) is 13.0. The summed E-state index contributed by atoms with van der Waals surface area (Å²) in [6.07, 6.45) is 0.698. The summed E-state index contributed by atoms with van der Waals surface area (Å²) in [4.78, 5) is 17.0. The minimum absolute atomic E-state index is 0.410. The van der Waals surface area contributed by atoms with E-state index in [0.29, 0.717) is 11.6 Å². The maximum absolute atomic E-state index is 11.7. The van der Waals surface area contributed by atoms with E-state index in [2.05, 4.69) is 30.4 Å². The van der Waals surface area contributed by atoms with Crippen LogP contribution in [-0.2, 0) is 25.7 Å². The van der Waals surface area contributed by atoms with Crippen LogP contribution >= 0.6 is 27.3 Å². The monoisotopic (exact) mass is 433 g/mol. The number of anilines is 1. The van der Waals surface area contributed by atoms with E-state index in [9.17, 15) is 13.2 Å². The molecule has 2 N–H and O–H groups in total. The number of halogens is 1. The van der Waals surface area contributed by atoms with Crippen LogP contribution in [0.3, 0.4) is 0 Å². The third kappa shape index (κ3) is 5.64. The van der Waals surface area contributed by atoms with Crippen LogP contribution in [0.4, 0.5) is 5.13 Å². The molecular formula is C14H16BrN3O4S2. The Bertz CT molecular complexity index is 836. The average Bonchev–Trinajstić information content (AvgIpc) is 2.85. The zero-order valence-corrected chi connectivity index (χ0v) is 16.2. The van der Waals surface area contributed by atoms with Crippen LogP contribution in [0, 0.1) is 6.92 Å². The van der Waals surface area contributed by atoms with Gasteiger partial charge in [-0.3, -0.25) is 10.1 Å². The number of rotatable bonds is 7. The van der Waals surface area contributed by atoms with Crippen LogP contribution in [0.15, 0.2) is 28.7 Å². The lowest BCUT2D eigenvalue weighted by molar-refractivity contribution is -0.118. The molecule has 0 fully saturated rings. The molecule has 1 aromatic carbocycles. The fourth-order valence-corrected chi connectivity index (χ4v) is 3.66. The van der Waals surface area contributed by atoms with Gasteiger partial charge in [-0.25, -0.2) is 9.17 Å². The minimum Gasteiger partial charge on any atom is -0.300 e. The maximum Gasteiger partial charge on any atom is 0.336 e. The summed E-state index contributed by atoms with van der Waals surface area (Å²) < 4.78 is 29.7. The highest BCUT2D eigenvalue weighted by Gasteiger charge is 2.14. The molecule has 10 heteroatoms. The molecule has 0 unspecified atom stereocenters. The van der Waals surface area contributed by atoms with Gasteiger partial charge in [0.05, 0.1) is 5.69 Å². The van der Waals surface area contributed by atoms with E-state index < -0.39 is 22.8 Å². The van der Waals surface area contributed by atoms with Gasteiger partial charge in [-0.1, -0.05) is 28.1 Å². The third-order valence-electron chi connectivity index (χ3n) is 2.99. The fraction of sp³-hybridized carbons (Fsp3) is 0.286. The lowest BCUT2D eigenvalue weighted by atomic mass is 10.1. The van der Waals surface area contributed by atoms with Gasteiger partial charge in [0.25, 0.3) is 5.91 Å². The van der Waals surface area contributed by atoms with Gasteiger partial charge in [-0.2, -0.15) is 13.1 Å². The van der Waals surface area contributed by atoms with Crippen LogP contribution in [0.5, 0.6) is 0 Å². The van der Waals surface area contributed by atoms with Gasteiger partial charge in [0.15, 0.2) is 5.13 Å². The number of aromatic nitrogens is 1. The van der Waals surface area contributed by atoms with Crippen LogP contribution in [0.2, 0.25) is 0 Å². The van der Waals surface area contributed by atoms with Crippen molar-refractivity contribution in [2.45, 2.75) is 13.3 Å².